The molecule has 0 aromatic heterocycles. The second-order valence-electron chi connectivity index (χ2n) is 8.78. The van der Waals surface area contributed by atoms with Gasteiger partial charge in [0.25, 0.3) is 0 Å². The van der Waals surface area contributed by atoms with Crippen LogP contribution in [-0.2, 0) is 4.74 Å². The van der Waals surface area contributed by atoms with E-state index in [0.717, 1.165) is 42.0 Å². The number of nitrogens with zero attached hydrogens (tertiary/aromatic N) is 2. The van der Waals surface area contributed by atoms with Crippen molar-refractivity contribution in [2.75, 3.05) is 42.6 Å². The van der Waals surface area contributed by atoms with Crippen molar-refractivity contribution in [2.24, 2.45) is 0 Å². The monoisotopic (exact) mass is 470 g/mol. The molecule has 184 valence electrons. The molecule has 4 heteroatoms. The number of ether oxygens (including phenoxy) is 1. The van der Waals surface area contributed by atoms with Crippen LogP contribution in [-0.4, -0.2) is 38.8 Å². The van der Waals surface area contributed by atoms with Gasteiger partial charge in [0.15, 0.2) is 0 Å². The maximum absolute atomic E-state index is 12.4. The van der Waals surface area contributed by atoms with Gasteiger partial charge in [-0.3, -0.25) is 0 Å². The van der Waals surface area contributed by atoms with Gasteiger partial charge in [0, 0.05) is 31.0 Å². The van der Waals surface area contributed by atoms with Crippen LogP contribution >= 0.6 is 0 Å². The number of aryl methyl sites for hydroxylation is 2. The first kappa shape index (κ1) is 26.1. The Morgan fingerprint density at radius 1 is 0.714 bits per heavy atom. The lowest BCUT2D eigenvalue weighted by molar-refractivity contribution is 0.0515. The van der Waals surface area contributed by atoms with Gasteiger partial charge in [-0.25, -0.2) is 4.79 Å². The lowest BCUT2D eigenvalue weighted by Crippen LogP contribution is -2.28. The summed E-state index contributed by atoms with van der Waals surface area (Å²) >= 11 is 0. The van der Waals surface area contributed by atoms with Crippen LogP contribution in [0, 0.1) is 13.8 Å². The van der Waals surface area contributed by atoms with Crippen LogP contribution in [0.4, 0.5) is 11.4 Å². The van der Waals surface area contributed by atoms with E-state index >= 15 is 0 Å². The molecule has 0 N–H and O–H groups in total. The smallest absolute Gasteiger partial charge is 0.338 e. The maximum atomic E-state index is 12.4. The van der Waals surface area contributed by atoms with E-state index in [1.807, 2.05) is 26.0 Å². The molecule has 0 aliphatic rings. The summed E-state index contributed by atoms with van der Waals surface area (Å²) in [6, 6.07) is 23.0. The Morgan fingerprint density at radius 3 is 1.63 bits per heavy atom. The molecule has 0 aliphatic heterocycles. The normalized spacial score (nSPS) is 11.0. The molecular weight excluding hydrogens is 432 g/mol. The second kappa shape index (κ2) is 12.8. The number of benzene rings is 3. The number of hydrogen-bond acceptors (Lipinski definition) is 4. The Hall–Kier alpha value is -3.53. The Kier molecular flexibility index (Phi) is 9.54. The fourth-order valence-electron chi connectivity index (χ4n) is 4.27. The summed E-state index contributed by atoms with van der Waals surface area (Å²) in [5.74, 6) is -0.265. The van der Waals surface area contributed by atoms with Crippen LogP contribution < -0.4 is 9.80 Å². The predicted octanol–water partition coefficient (Wildman–Crippen LogP) is 7.00. The van der Waals surface area contributed by atoms with E-state index in [1.54, 1.807) is 0 Å². The number of carbonyl (C=O) groups is 1. The molecule has 0 spiro atoms. The van der Waals surface area contributed by atoms with Gasteiger partial charge in [-0.15, -0.1) is 0 Å². The number of anilines is 2. The molecule has 0 radical (unpaired) electrons. The third-order valence-corrected chi connectivity index (χ3v) is 6.18. The molecule has 0 unspecified atom stereocenters. The van der Waals surface area contributed by atoms with E-state index in [1.165, 1.54) is 11.3 Å². The lowest BCUT2D eigenvalue weighted by atomic mass is 10.1. The fourth-order valence-corrected chi connectivity index (χ4v) is 4.27. The maximum Gasteiger partial charge on any atom is 0.338 e. The molecule has 4 nitrogen and oxygen atoms in total. The number of likely N-dealkylation sites (N-methyl/N-ethyl adjacent to an activating group) is 1. The molecular formula is C31H38N2O2. The molecule has 0 fully saturated rings. The fraction of sp³-hybridized carbons (Fsp3) is 0.323. The summed E-state index contributed by atoms with van der Waals surface area (Å²) in [5.41, 5.74) is 7.47. The van der Waals surface area contributed by atoms with Crippen molar-refractivity contribution < 1.29 is 9.53 Å². The molecule has 0 bridgehead atoms. The van der Waals surface area contributed by atoms with Crippen LogP contribution in [0.3, 0.4) is 0 Å². The molecule has 0 saturated carbocycles. The first-order chi connectivity index (χ1) is 16.9. The van der Waals surface area contributed by atoms with E-state index in [-0.39, 0.29) is 5.97 Å². The zero-order valence-electron chi connectivity index (χ0n) is 21.8. The minimum Gasteiger partial charge on any atom is -0.460 e. The van der Waals surface area contributed by atoms with Gasteiger partial charge >= 0.3 is 5.97 Å². The first-order valence-corrected chi connectivity index (χ1v) is 12.6. The third-order valence-electron chi connectivity index (χ3n) is 6.18. The summed E-state index contributed by atoms with van der Waals surface area (Å²) in [7, 11) is 0. The summed E-state index contributed by atoms with van der Waals surface area (Å²) in [6.45, 7) is 14.3. The van der Waals surface area contributed by atoms with Gasteiger partial charge in [0.1, 0.15) is 6.61 Å². The van der Waals surface area contributed by atoms with Gasteiger partial charge in [-0.1, -0.05) is 53.6 Å². The number of hydrogen-bond donors (Lipinski definition) is 0. The molecule has 3 aromatic rings. The minimum absolute atomic E-state index is 0.265. The summed E-state index contributed by atoms with van der Waals surface area (Å²) in [6.07, 6.45) is 4.28. The van der Waals surface area contributed by atoms with Crippen molar-refractivity contribution in [1.82, 2.24) is 0 Å². The summed E-state index contributed by atoms with van der Waals surface area (Å²) < 4.78 is 5.55. The van der Waals surface area contributed by atoms with Crippen molar-refractivity contribution in [3.63, 3.8) is 0 Å². The van der Waals surface area contributed by atoms with Crippen LogP contribution in [0.25, 0.3) is 12.2 Å². The van der Waals surface area contributed by atoms with Crippen LogP contribution in [0.2, 0.25) is 0 Å². The predicted molar refractivity (Wildman–Crippen MR) is 149 cm³/mol. The van der Waals surface area contributed by atoms with E-state index < -0.39 is 0 Å². The van der Waals surface area contributed by atoms with Crippen molar-refractivity contribution in [3.8, 4) is 0 Å². The number of esters is 1. The molecule has 3 aromatic carbocycles. The third kappa shape index (κ3) is 7.48. The first-order valence-electron chi connectivity index (χ1n) is 12.6. The van der Waals surface area contributed by atoms with Gasteiger partial charge in [-0.05, 0) is 82.1 Å². The molecule has 0 heterocycles. The highest BCUT2D eigenvalue weighted by molar-refractivity contribution is 5.89. The number of rotatable bonds is 11. The zero-order valence-corrected chi connectivity index (χ0v) is 21.8. The quantitative estimate of drug-likeness (QED) is 0.223. The molecule has 3 rings (SSSR count). The molecule has 35 heavy (non-hydrogen) atoms. The van der Waals surface area contributed by atoms with Crippen molar-refractivity contribution in [1.29, 1.82) is 0 Å². The van der Waals surface area contributed by atoms with Crippen LogP contribution in [0.5, 0.6) is 0 Å². The number of carbonyl (C=O) groups excluding carboxylic acids is 1. The molecule has 0 saturated heterocycles. The average molecular weight is 471 g/mol. The second-order valence-corrected chi connectivity index (χ2v) is 8.78. The van der Waals surface area contributed by atoms with Crippen molar-refractivity contribution >= 4 is 29.5 Å². The highest BCUT2D eigenvalue weighted by atomic mass is 16.5. The van der Waals surface area contributed by atoms with Crippen LogP contribution in [0.15, 0.2) is 66.7 Å². The Morgan fingerprint density at radius 2 is 1.17 bits per heavy atom. The topological polar surface area (TPSA) is 32.8 Å². The average Bonchev–Trinajstić information content (AvgIpc) is 2.86. The summed E-state index contributed by atoms with van der Waals surface area (Å²) in [4.78, 5) is 17.0. The Bertz CT molecular complexity index is 1090. The van der Waals surface area contributed by atoms with Crippen molar-refractivity contribution in [3.05, 3.63) is 94.5 Å². The molecule has 0 aliphatic carbocycles. The van der Waals surface area contributed by atoms with Gasteiger partial charge in [0.2, 0.25) is 0 Å². The Labute approximate surface area is 210 Å². The van der Waals surface area contributed by atoms with Gasteiger partial charge < -0.3 is 14.5 Å². The van der Waals surface area contributed by atoms with E-state index in [2.05, 4.69) is 97.3 Å². The SMILES string of the molecule is CCN(CC)c1ccc(/C=C/c2ccc(N(CC)CCOC(=O)c3cc(C)cc(C)c3)cc2)cc1. The van der Waals surface area contributed by atoms with E-state index in [4.69, 9.17) is 4.74 Å². The standard InChI is InChI=1S/C31H38N2O2/c1-6-32(7-2)29-15-11-26(12-16-29)9-10-27-13-17-30(18-14-27)33(8-3)19-20-35-31(34)28-22-24(4)21-25(5)23-28/h9-18,21-23H,6-8,19-20H2,1-5H3/b10-9+. The van der Waals surface area contributed by atoms with Gasteiger partial charge in [0.05, 0.1) is 12.1 Å². The van der Waals surface area contributed by atoms with Gasteiger partial charge in [-0.2, -0.15) is 0 Å². The van der Waals surface area contributed by atoms with E-state index in [0.29, 0.717) is 18.7 Å². The minimum atomic E-state index is -0.265. The van der Waals surface area contributed by atoms with E-state index in [9.17, 15) is 4.79 Å². The Balaban J connectivity index is 1.55. The molecule has 0 atom stereocenters. The van der Waals surface area contributed by atoms with Crippen molar-refractivity contribution in [2.45, 2.75) is 34.6 Å². The van der Waals surface area contributed by atoms with Crippen LogP contribution in [0.1, 0.15) is 53.4 Å². The highest BCUT2D eigenvalue weighted by Gasteiger charge is 2.10. The lowest BCUT2D eigenvalue weighted by Gasteiger charge is -2.23. The summed E-state index contributed by atoms with van der Waals surface area (Å²) in [5, 5.41) is 0. The molecule has 0 amide bonds. The highest BCUT2D eigenvalue weighted by Crippen LogP contribution is 2.19. The zero-order chi connectivity index (χ0) is 25.2. The largest absolute Gasteiger partial charge is 0.460 e.